The van der Waals surface area contributed by atoms with Crippen LogP contribution < -0.4 is 5.32 Å². The minimum absolute atomic E-state index is 0.00998. The number of rotatable bonds is 3. The van der Waals surface area contributed by atoms with Gasteiger partial charge in [0.05, 0.1) is 12.6 Å². The molecule has 0 aromatic heterocycles. The molecule has 5 nitrogen and oxygen atoms in total. The molecule has 0 aromatic rings. The van der Waals surface area contributed by atoms with Crippen molar-refractivity contribution in [1.29, 1.82) is 5.26 Å². The number of nitrogens with zero attached hydrogens (tertiary/aromatic N) is 2. The van der Waals surface area contributed by atoms with Crippen molar-refractivity contribution in [3.05, 3.63) is 0 Å². The van der Waals surface area contributed by atoms with Crippen molar-refractivity contribution in [2.75, 3.05) is 19.6 Å². The molecular formula is C12H19N3O2. The number of carbonyl (C=O) groups is 2. The molecule has 1 saturated heterocycles. The number of likely N-dealkylation sites (tertiary alicyclic amines) is 1. The average Bonchev–Trinajstić information content (AvgIpc) is 2.36. The predicted octanol–water partition coefficient (Wildman–Crippen LogP) is 0.665. The third kappa shape index (κ3) is 3.74. The van der Waals surface area contributed by atoms with E-state index in [1.54, 1.807) is 4.90 Å². The zero-order valence-electron chi connectivity index (χ0n) is 10.5. The van der Waals surface area contributed by atoms with Crippen molar-refractivity contribution >= 4 is 11.8 Å². The summed E-state index contributed by atoms with van der Waals surface area (Å²) in [6, 6.07) is 1.91. The number of amides is 2. The van der Waals surface area contributed by atoms with Gasteiger partial charge >= 0.3 is 0 Å². The van der Waals surface area contributed by atoms with Crippen LogP contribution in [0, 0.1) is 16.7 Å². The monoisotopic (exact) mass is 237 g/mol. The maximum absolute atomic E-state index is 11.7. The molecule has 1 fully saturated rings. The third-order valence-electron chi connectivity index (χ3n) is 2.96. The molecule has 0 saturated carbocycles. The Morgan fingerprint density at radius 1 is 1.29 bits per heavy atom. The summed E-state index contributed by atoms with van der Waals surface area (Å²) in [7, 11) is 0. The fourth-order valence-corrected chi connectivity index (χ4v) is 1.68. The molecule has 0 atom stereocenters. The highest BCUT2D eigenvalue weighted by Crippen LogP contribution is 2.12. The van der Waals surface area contributed by atoms with Crippen LogP contribution in [0.3, 0.4) is 0 Å². The average molecular weight is 237 g/mol. The van der Waals surface area contributed by atoms with E-state index in [1.807, 2.05) is 6.07 Å². The molecule has 1 aliphatic rings. The molecule has 0 bridgehead atoms. The van der Waals surface area contributed by atoms with E-state index < -0.39 is 11.3 Å². The van der Waals surface area contributed by atoms with Crippen LogP contribution in [0.25, 0.3) is 0 Å². The van der Waals surface area contributed by atoms with Gasteiger partial charge in [-0.2, -0.15) is 5.26 Å². The molecule has 17 heavy (non-hydrogen) atoms. The molecule has 1 N–H and O–H groups in total. The van der Waals surface area contributed by atoms with Gasteiger partial charge in [0, 0.05) is 13.1 Å². The summed E-state index contributed by atoms with van der Waals surface area (Å²) in [5.41, 5.74) is -1.08. The smallest absolute Gasteiger partial charge is 0.241 e. The summed E-state index contributed by atoms with van der Waals surface area (Å²) in [6.07, 6.45) is 3.23. The van der Waals surface area contributed by atoms with Crippen molar-refractivity contribution in [2.24, 2.45) is 5.41 Å². The molecule has 0 aromatic carbocycles. The lowest BCUT2D eigenvalue weighted by Crippen LogP contribution is -2.45. The molecule has 0 unspecified atom stereocenters. The first-order chi connectivity index (χ1) is 7.97. The molecule has 1 aliphatic heterocycles. The quantitative estimate of drug-likeness (QED) is 0.783. The molecular weight excluding hydrogens is 218 g/mol. The van der Waals surface area contributed by atoms with E-state index >= 15 is 0 Å². The Morgan fingerprint density at radius 2 is 1.88 bits per heavy atom. The Labute approximate surface area is 102 Å². The maximum Gasteiger partial charge on any atom is 0.241 e. The van der Waals surface area contributed by atoms with Gasteiger partial charge in [-0.15, -0.1) is 0 Å². The maximum atomic E-state index is 11.7. The SMILES string of the molecule is CC(C)(C#N)C(=O)NCC(=O)N1CCCCC1. The zero-order chi connectivity index (χ0) is 12.9. The van der Waals surface area contributed by atoms with Crippen LogP contribution in [0.15, 0.2) is 0 Å². The van der Waals surface area contributed by atoms with E-state index in [0.29, 0.717) is 0 Å². The van der Waals surface area contributed by atoms with Crippen LogP contribution in [0.4, 0.5) is 0 Å². The molecule has 1 heterocycles. The Bertz CT molecular complexity index is 338. The fraction of sp³-hybridized carbons (Fsp3) is 0.750. The zero-order valence-corrected chi connectivity index (χ0v) is 10.5. The van der Waals surface area contributed by atoms with Crippen molar-refractivity contribution in [3.63, 3.8) is 0 Å². The molecule has 1 rings (SSSR count). The van der Waals surface area contributed by atoms with E-state index in [1.165, 1.54) is 13.8 Å². The number of hydrogen-bond donors (Lipinski definition) is 1. The minimum atomic E-state index is -1.08. The number of nitrogens with one attached hydrogen (secondary N) is 1. The second-order valence-corrected chi connectivity index (χ2v) is 4.86. The second-order valence-electron chi connectivity index (χ2n) is 4.86. The summed E-state index contributed by atoms with van der Waals surface area (Å²) in [5, 5.41) is 11.3. The standard InChI is InChI=1S/C12H19N3O2/c1-12(2,9-13)11(17)14-8-10(16)15-6-4-3-5-7-15/h3-8H2,1-2H3,(H,14,17). The lowest BCUT2D eigenvalue weighted by atomic mass is 9.95. The molecule has 94 valence electrons. The molecule has 0 radical (unpaired) electrons. The van der Waals surface area contributed by atoms with Gasteiger partial charge in [0.1, 0.15) is 5.41 Å². The first-order valence-corrected chi connectivity index (χ1v) is 5.95. The number of hydrogen-bond acceptors (Lipinski definition) is 3. The largest absolute Gasteiger partial charge is 0.346 e. The van der Waals surface area contributed by atoms with Gasteiger partial charge in [-0.3, -0.25) is 9.59 Å². The first-order valence-electron chi connectivity index (χ1n) is 5.95. The van der Waals surface area contributed by atoms with E-state index in [4.69, 9.17) is 5.26 Å². The van der Waals surface area contributed by atoms with Crippen molar-refractivity contribution in [2.45, 2.75) is 33.1 Å². The van der Waals surface area contributed by atoms with Crippen molar-refractivity contribution in [3.8, 4) is 6.07 Å². The lowest BCUT2D eigenvalue weighted by molar-refractivity contribution is -0.135. The topological polar surface area (TPSA) is 73.2 Å². The molecule has 0 spiro atoms. The van der Waals surface area contributed by atoms with Gasteiger partial charge < -0.3 is 10.2 Å². The van der Waals surface area contributed by atoms with Crippen LogP contribution in [-0.4, -0.2) is 36.3 Å². The van der Waals surface area contributed by atoms with Crippen LogP contribution in [-0.2, 0) is 9.59 Å². The number of piperidine rings is 1. The van der Waals surface area contributed by atoms with E-state index in [0.717, 1.165) is 32.4 Å². The van der Waals surface area contributed by atoms with Gasteiger partial charge in [0.15, 0.2) is 0 Å². The molecule has 2 amide bonds. The second kappa shape index (κ2) is 5.67. The number of carbonyl (C=O) groups excluding carboxylic acids is 2. The summed E-state index contributed by atoms with van der Waals surface area (Å²) in [6.45, 7) is 4.61. The molecule has 0 aliphatic carbocycles. The van der Waals surface area contributed by atoms with Gasteiger partial charge in [0.25, 0.3) is 0 Å². The summed E-state index contributed by atoms with van der Waals surface area (Å²) < 4.78 is 0. The first kappa shape index (κ1) is 13.5. The molecule has 5 heteroatoms. The van der Waals surface area contributed by atoms with Gasteiger partial charge in [-0.1, -0.05) is 0 Å². The minimum Gasteiger partial charge on any atom is -0.346 e. The van der Waals surface area contributed by atoms with Gasteiger partial charge in [-0.25, -0.2) is 0 Å². The Balaban J connectivity index is 2.38. The van der Waals surface area contributed by atoms with Crippen LogP contribution in [0.2, 0.25) is 0 Å². The highest BCUT2D eigenvalue weighted by molar-refractivity contribution is 5.89. The van der Waals surface area contributed by atoms with Crippen molar-refractivity contribution < 1.29 is 9.59 Å². The van der Waals surface area contributed by atoms with E-state index in [2.05, 4.69) is 5.32 Å². The summed E-state index contributed by atoms with van der Waals surface area (Å²) >= 11 is 0. The number of nitriles is 1. The van der Waals surface area contributed by atoms with Gasteiger partial charge in [0.2, 0.25) is 11.8 Å². The normalized spacial score (nSPS) is 16.2. The summed E-state index contributed by atoms with van der Waals surface area (Å²) in [5.74, 6) is -0.461. The Kier molecular flexibility index (Phi) is 4.50. The highest BCUT2D eigenvalue weighted by atomic mass is 16.2. The van der Waals surface area contributed by atoms with E-state index in [9.17, 15) is 9.59 Å². The Morgan fingerprint density at radius 3 is 2.41 bits per heavy atom. The highest BCUT2D eigenvalue weighted by Gasteiger charge is 2.28. The van der Waals surface area contributed by atoms with Crippen LogP contribution in [0.5, 0.6) is 0 Å². The lowest BCUT2D eigenvalue weighted by Gasteiger charge is -2.27. The van der Waals surface area contributed by atoms with Gasteiger partial charge in [-0.05, 0) is 33.1 Å². The third-order valence-corrected chi connectivity index (χ3v) is 2.96. The fourth-order valence-electron chi connectivity index (χ4n) is 1.68. The Hall–Kier alpha value is -1.57. The summed E-state index contributed by atoms with van der Waals surface area (Å²) in [4.78, 5) is 25.1. The van der Waals surface area contributed by atoms with Crippen LogP contribution >= 0.6 is 0 Å². The van der Waals surface area contributed by atoms with Crippen LogP contribution in [0.1, 0.15) is 33.1 Å². The van der Waals surface area contributed by atoms with Crippen molar-refractivity contribution in [1.82, 2.24) is 10.2 Å². The van der Waals surface area contributed by atoms with E-state index in [-0.39, 0.29) is 12.5 Å². The predicted molar refractivity (Wildman–Crippen MR) is 62.8 cm³/mol.